The van der Waals surface area contributed by atoms with E-state index in [0.717, 1.165) is 36.6 Å². The van der Waals surface area contributed by atoms with Gasteiger partial charge in [0.15, 0.2) is 5.82 Å². The van der Waals surface area contributed by atoms with Crippen molar-refractivity contribution >= 4 is 27.7 Å². The van der Waals surface area contributed by atoms with Gasteiger partial charge in [-0.1, -0.05) is 0 Å². The summed E-state index contributed by atoms with van der Waals surface area (Å²) < 4.78 is 6.45. The van der Waals surface area contributed by atoms with Gasteiger partial charge in [-0.2, -0.15) is 0 Å². The van der Waals surface area contributed by atoms with Gasteiger partial charge >= 0.3 is 0 Å². The Balaban J connectivity index is 1.65. The number of anilines is 1. The number of amides is 1. The van der Waals surface area contributed by atoms with Gasteiger partial charge in [0.1, 0.15) is 0 Å². The summed E-state index contributed by atoms with van der Waals surface area (Å²) >= 11 is 3.39. The van der Waals surface area contributed by atoms with Gasteiger partial charge in [0.25, 0.3) is 0 Å². The molecule has 0 saturated heterocycles. The molecule has 2 aliphatic carbocycles. The number of nitrogens with one attached hydrogen (secondary N) is 2. The molecule has 2 fully saturated rings. The Morgan fingerprint density at radius 1 is 1.40 bits per heavy atom. The number of methoxy groups -OCH3 is 1. The van der Waals surface area contributed by atoms with Crippen molar-refractivity contribution in [3.8, 4) is 0 Å². The number of halogens is 1. The first-order valence-corrected chi connectivity index (χ1v) is 7.61. The van der Waals surface area contributed by atoms with Gasteiger partial charge in [-0.05, 0) is 60.2 Å². The molecule has 5 nitrogen and oxygen atoms in total. The number of fused-ring (bicyclic) bond motifs is 2. The summed E-state index contributed by atoms with van der Waals surface area (Å²) in [7, 11) is 1.75. The second-order valence-electron chi connectivity index (χ2n) is 5.76. The van der Waals surface area contributed by atoms with Crippen LogP contribution in [0.15, 0.2) is 22.8 Å². The lowest BCUT2D eigenvalue weighted by Crippen LogP contribution is -2.41. The smallest absolute Gasteiger partial charge is 0.244 e. The van der Waals surface area contributed by atoms with Crippen LogP contribution in [0.5, 0.6) is 0 Å². The minimum Gasteiger partial charge on any atom is -0.378 e. The quantitative estimate of drug-likeness (QED) is 0.827. The average molecular weight is 340 g/mol. The SMILES string of the molecule is COC12CCC(C(=O)NNc3ncccc3Br)(CC1)C2. The normalized spacial score (nSPS) is 31.3. The number of hydrogen-bond acceptors (Lipinski definition) is 4. The van der Waals surface area contributed by atoms with Gasteiger partial charge < -0.3 is 4.74 Å². The molecule has 0 radical (unpaired) electrons. The van der Waals surface area contributed by atoms with E-state index in [1.807, 2.05) is 12.1 Å². The maximum atomic E-state index is 12.5. The monoisotopic (exact) mass is 339 g/mol. The zero-order valence-electron chi connectivity index (χ0n) is 11.4. The zero-order chi connectivity index (χ0) is 14.2. The van der Waals surface area contributed by atoms with Gasteiger partial charge in [0.2, 0.25) is 5.91 Å². The van der Waals surface area contributed by atoms with E-state index in [1.54, 1.807) is 13.3 Å². The first-order chi connectivity index (χ1) is 9.59. The molecule has 2 saturated carbocycles. The molecule has 1 amide bonds. The third-order valence-corrected chi connectivity index (χ3v) is 5.39. The number of rotatable bonds is 4. The molecule has 2 bridgehead atoms. The standard InChI is InChI=1S/C14H18BrN3O2/c1-20-14-6-4-13(9-14,5-7-14)12(19)18-17-11-10(15)3-2-8-16-11/h2-3,8H,4-7,9H2,1H3,(H,16,17)(H,18,19). The van der Waals surface area contributed by atoms with Crippen LogP contribution in [0.4, 0.5) is 5.82 Å². The molecule has 108 valence electrons. The maximum Gasteiger partial charge on any atom is 0.244 e. The maximum absolute atomic E-state index is 12.5. The van der Waals surface area contributed by atoms with E-state index in [0.29, 0.717) is 5.82 Å². The third-order valence-electron chi connectivity index (χ3n) is 4.75. The lowest BCUT2D eigenvalue weighted by atomic mass is 9.83. The summed E-state index contributed by atoms with van der Waals surface area (Å²) in [5.74, 6) is 0.665. The van der Waals surface area contributed by atoms with Gasteiger partial charge in [0, 0.05) is 13.3 Å². The Hall–Kier alpha value is -1.14. The number of carbonyl (C=O) groups is 1. The van der Waals surface area contributed by atoms with E-state index in [2.05, 4.69) is 31.8 Å². The van der Waals surface area contributed by atoms with Crippen molar-refractivity contribution < 1.29 is 9.53 Å². The van der Waals surface area contributed by atoms with E-state index in [-0.39, 0.29) is 16.9 Å². The predicted molar refractivity (Wildman–Crippen MR) is 79.0 cm³/mol. The molecule has 0 aliphatic heterocycles. The van der Waals surface area contributed by atoms with Crippen LogP contribution in [0.25, 0.3) is 0 Å². The van der Waals surface area contributed by atoms with Gasteiger partial charge in [0.05, 0.1) is 15.5 Å². The summed E-state index contributed by atoms with van der Waals surface area (Å²) in [5.41, 5.74) is 5.36. The van der Waals surface area contributed by atoms with Crippen molar-refractivity contribution in [2.45, 2.75) is 37.7 Å². The Morgan fingerprint density at radius 3 is 2.75 bits per heavy atom. The molecule has 0 aromatic carbocycles. The van der Waals surface area contributed by atoms with Crippen LogP contribution in [0.2, 0.25) is 0 Å². The highest BCUT2D eigenvalue weighted by atomic mass is 79.9. The molecular weight excluding hydrogens is 322 g/mol. The Labute approximate surface area is 126 Å². The molecule has 6 heteroatoms. The number of ether oxygens (including phenoxy) is 1. The molecule has 0 unspecified atom stereocenters. The largest absolute Gasteiger partial charge is 0.378 e. The van der Waals surface area contributed by atoms with Crippen molar-refractivity contribution in [3.63, 3.8) is 0 Å². The fraction of sp³-hybridized carbons (Fsp3) is 0.571. The Bertz CT molecular complexity index is 527. The van der Waals surface area contributed by atoms with E-state index < -0.39 is 0 Å². The fourth-order valence-electron chi connectivity index (χ4n) is 3.46. The van der Waals surface area contributed by atoms with Crippen molar-refractivity contribution in [3.05, 3.63) is 22.8 Å². The molecule has 1 heterocycles. The molecule has 0 spiro atoms. The first-order valence-electron chi connectivity index (χ1n) is 6.81. The van der Waals surface area contributed by atoms with Crippen molar-refractivity contribution in [2.75, 3.05) is 12.5 Å². The van der Waals surface area contributed by atoms with Gasteiger partial charge in [-0.15, -0.1) is 0 Å². The zero-order valence-corrected chi connectivity index (χ0v) is 13.0. The van der Waals surface area contributed by atoms with Crippen LogP contribution in [-0.2, 0) is 9.53 Å². The summed E-state index contributed by atoms with van der Waals surface area (Å²) in [5, 5.41) is 0. The highest BCUT2D eigenvalue weighted by Crippen LogP contribution is 2.58. The van der Waals surface area contributed by atoms with Crippen molar-refractivity contribution in [2.24, 2.45) is 5.41 Å². The van der Waals surface area contributed by atoms with Crippen LogP contribution >= 0.6 is 15.9 Å². The van der Waals surface area contributed by atoms with Crippen LogP contribution in [0.1, 0.15) is 32.1 Å². The minimum absolute atomic E-state index is 0.0477. The summed E-state index contributed by atoms with van der Waals surface area (Å²) in [6.45, 7) is 0. The molecule has 1 aromatic rings. The van der Waals surface area contributed by atoms with Gasteiger partial charge in [-0.25, -0.2) is 4.98 Å². The number of carbonyl (C=O) groups excluding carboxylic acids is 1. The Kier molecular flexibility index (Phi) is 3.46. The lowest BCUT2D eigenvalue weighted by molar-refractivity contribution is -0.130. The highest BCUT2D eigenvalue weighted by molar-refractivity contribution is 9.10. The number of nitrogens with zero attached hydrogens (tertiary/aromatic N) is 1. The topological polar surface area (TPSA) is 63.2 Å². The van der Waals surface area contributed by atoms with E-state index in [9.17, 15) is 4.79 Å². The molecule has 3 rings (SSSR count). The molecule has 2 aliphatic rings. The minimum atomic E-state index is -0.274. The number of hydrogen-bond donors (Lipinski definition) is 2. The predicted octanol–water partition coefficient (Wildman–Crippen LogP) is 2.64. The average Bonchev–Trinajstić information content (AvgIpc) is 3.04. The van der Waals surface area contributed by atoms with Crippen LogP contribution in [0.3, 0.4) is 0 Å². The lowest BCUT2D eigenvalue weighted by Gasteiger charge is -2.26. The summed E-state index contributed by atoms with van der Waals surface area (Å²) in [4.78, 5) is 16.7. The molecule has 20 heavy (non-hydrogen) atoms. The second kappa shape index (κ2) is 5.00. The third kappa shape index (κ3) is 2.20. The van der Waals surface area contributed by atoms with Crippen molar-refractivity contribution in [1.29, 1.82) is 0 Å². The Morgan fingerprint density at radius 2 is 2.15 bits per heavy atom. The number of hydrazine groups is 1. The molecular formula is C14H18BrN3O2. The van der Waals surface area contributed by atoms with E-state index in [1.165, 1.54) is 0 Å². The summed E-state index contributed by atoms with van der Waals surface area (Å²) in [6, 6.07) is 3.71. The van der Waals surface area contributed by atoms with Crippen LogP contribution in [0, 0.1) is 5.41 Å². The van der Waals surface area contributed by atoms with Crippen molar-refractivity contribution in [1.82, 2.24) is 10.4 Å². The fourth-order valence-corrected chi connectivity index (χ4v) is 3.82. The van der Waals surface area contributed by atoms with Gasteiger partial charge in [-0.3, -0.25) is 15.6 Å². The van der Waals surface area contributed by atoms with E-state index >= 15 is 0 Å². The van der Waals surface area contributed by atoms with Crippen LogP contribution < -0.4 is 10.9 Å². The highest BCUT2D eigenvalue weighted by Gasteiger charge is 2.58. The molecule has 0 atom stereocenters. The van der Waals surface area contributed by atoms with Crippen LogP contribution in [-0.4, -0.2) is 23.6 Å². The molecule has 1 aromatic heterocycles. The van der Waals surface area contributed by atoms with E-state index in [4.69, 9.17) is 4.74 Å². The number of aromatic nitrogens is 1. The second-order valence-corrected chi connectivity index (χ2v) is 6.61. The number of pyridine rings is 1. The summed E-state index contributed by atoms with van der Waals surface area (Å²) in [6.07, 6.45) is 6.26. The molecule has 2 N–H and O–H groups in total. The first kappa shape index (κ1) is 13.8.